The lowest BCUT2D eigenvalue weighted by Gasteiger charge is -2.06. The average molecular weight is 345 g/mol. The zero-order chi connectivity index (χ0) is 12.1. The quantitative estimate of drug-likeness (QED) is 0.319. The van der Waals surface area contributed by atoms with Crippen molar-refractivity contribution in [2.45, 2.75) is 6.42 Å². The third-order valence-corrected chi connectivity index (χ3v) is 2.22. The second-order valence-corrected chi connectivity index (χ2v) is 4.25. The summed E-state index contributed by atoms with van der Waals surface area (Å²) in [7, 11) is 1.89. The number of likely N-dealkylation sites (N-methyl/N-ethyl adjacent to an activating group) is 1. The zero-order valence-electron chi connectivity index (χ0n) is 9.67. The van der Waals surface area contributed by atoms with Gasteiger partial charge in [-0.15, -0.1) is 0 Å². The summed E-state index contributed by atoms with van der Waals surface area (Å²) in [6.45, 7) is 4.29. The highest BCUT2D eigenvalue weighted by Gasteiger charge is 1.95. The normalized spacial score (nSPS) is 10.6. The van der Waals surface area contributed by atoms with Crippen molar-refractivity contribution >= 4 is 26.4 Å². The van der Waals surface area contributed by atoms with Gasteiger partial charge in [-0.2, -0.15) is 0 Å². The molecule has 0 aromatic carbocycles. The van der Waals surface area contributed by atoms with Crippen LogP contribution in [-0.4, -0.2) is 57.0 Å². The Kier molecular flexibility index (Phi) is 13.5. The third kappa shape index (κ3) is 14.2. The van der Waals surface area contributed by atoms with Gasteiger partial charge in [-0.1, -0.05) is 0 Å². The van der Waals surface area contributed by atoms with Crippen molar-refractivity contribution in [2.75, 3.05) is 53.2 Å². The van der Waals surface area contributed by atoms with E-state index in [1.165, 1.54) is 0 Å². The standard InChI is InChI=1S/C10H20INO4/c1-12-3-5-15-7-9-16-8-6-14-4-2-10(11)13/h12H,2-9H2,1H3. The second kappa shape index (κ2) is 13.3. The maximum Gasteiger partial charge on any atom is 0.194 e. The number of carbonyl (C=O) groups excluding carboxylic acids is 1. The lowest BCUT2D eigenvalue weighted by molar-refractivity contribution is -0.110. The van der Waals surface area contributed by atoms with Gasteiger partial charge in [0.15, 0.2) is 3.79 Å². The van der Waals surface area contributed by atoms with Crippen LogP contribution in [0.4, 0.5) is 0 Å². The average Bonchev–Trinajstić information content (AvgIpc) is 2.25. The molecule has 0 saturated heterocycles. The van der Waals surface area contributed by atoms with Crippen LogP contribution in [-0.2, 0) is 19.0 Å². The van der Waals surface area contributed by atoms with Crippen molar-refractivity contribution in [3.05, 3.63) is 0 Å². The molecular weight excluding hydrogens is 325 g/mol. The molecule has 0 atom stereocenters. The van der Waals surface area contributed by atoms with E-state index in [0.29, 0.717) is 46.1 Å². The largest absolute Gasteiger partial charge is 0.379 e. The molecule has 6 heteroatoms. The first-order valence-corrected chi connectivity index (χ1v) is 6.41. The number of hydrogen-bond acceptors (Lipinski definition) is 5. The van der Waals surface area contributed by atoms with Gasteiger partial charge in [0, 0.05) is 13.0 Å². The van der Waals surface area contributed by atoms with E-state index in [2.05, 4.69) is 5.32 Å². The van der Waals surface area contributed by atoms with Crippen LogP contribution in [0.3, 0.4) is 0 Å². The summed E-state index contributed by atoms with van der Waals surface area (Å²) in [4.78, 5) is 10.6. The van der Waals surface area contributed by atoms with Crippen LogP contribution in [0.15, 0.2) is 0 Å². The molecule has 0 aromatic rings. The highest BCUT2D eigenvalue weighted by atomic mass is 127. The highest BCUT2D eigenvalue weighted by Crippen LogP contribution is 1.92. The molecule has 16 heavy (non-hydrogen) atoms. The Morgan fingerprint density at radius 2 is 1.50 bits per heavy atom. The van der Waals surface area contributed by atoms with Gasteiger partial charge in [0.25, 0.3) is 0 Å². The molecule has 0 rings (SSSR count). The maximum absolute atomic E-state index is 10.6. The fourth-order valence-corrected chi connectivity index (χ4v) is 1.09. The number of rotatable bonds is 12. The van der Waals surface area contributed by atoms with Crippen LogP contribution in [0, 0.1) is 0 Å². The van der Waals surface area contributed by atoms with Crippen LogP contribution in [0.2, 0.25) is 0 Å². The zero-order valence-corrected chi connectivity index (χ0v) is 11.8. The Bertz CT molecular complexity index is 169. The van der Waals surface area contributed by atoms with Gasteiger partial charge >= 0.3 is 0 Å². The molecular formula is C10H20INO4. The summed E-state index contributed by atoms with van der Waals surface area (Å²) in [5.74, 6) is 0. The summed E-state index contributed by atoms with van der Waals surface area (Å²) in [5, 5.41) is 2.99. The molecule has 96 valence electrons. The van der Waals surface area contributed by atoms with Crippen LogP contribution in [0.5, 0.6) is 0 Å². The maximum atomic E-state index is 10.6. The SMILES string of the molecule is CNCCOCCOCCOCCC(=O)I. The Hall–Kier alpha value is 0.240. The summed E-state index contributed by atoms with van der Waals surface area (Å²) in [5.41, 5.74) is 0. The molecule has 1 N–H and O–H groups in total. The van der Waals surface area contributed by atoms with Gasteiger partial charge in [0.05, 0.1) is 39.6 Å². The van der Waals surface area contributed by atoms with E-state index in [0.717, 1.165) is 6.54 Å². The summed E-state index contributed by atoms with van der Waals surface area (Å²) < 4.78 is 15.8. The van der Waals surface area contributed by atoms with Gasteiger partial charge < -0.3 is 19.5 Å². The van der Waals surface area contributed by atoms with Gasteiger partial charge in [-0.05, 0) is 29.6 Å². The van der Waals surface area contributed by atoms with E-state index >= 15 is 0 Å². The molecule has 0 radical (unpaired) electrons. The van der Waals surface area contributed by atoms with Crippen molar-refractivity contribution in [1.82, 2.24) is 5.32 Å². The number of nitrogens with one attached hydrogen (secondary N) is 1. The summed E-state index contributed by atoms with van der Waals surface area (Å²) >= 11 is 1.76. The predicted octanol–water partition coefficient (Wildman–Crippen LogP) is 0.607. The first kappa shape index (κ1) is 16.2. The summed E-state index contributed by atoms with van der Waals surface area (Å²) in [6.07, 6.45) is 0.466. The monoisotopic (exact) mass is 345 g/mol. The van der Waals surface area contributed by atoms with E-state index in [-0.39, 0.29) is 3.79 Å². The smallest absolute Gasteiger partial charge is 0.194 e. The first-order valence-electron chi connectivity index (χ1n) is 5.33. The minimum atomic E-state index is 0.122. The van der Waals surface area contributed by atoms with Gasteiger partial charge in [-0.25, -0.2) is 0 Å². The highest BCUT2D eigenvalue weighted by molar-refractivity contribution is 14.1. The molecule has 0 bridgehead atoms. The van der Waals surface area contributed by atoms with E-state index in [1.54, 1.807) is 22.6 Å². The Morgan fingerprint density at radius 1 is 1.00 bits per heavy atom. The molecule has 0 aromatic heterocycles. The molecule has 0 heterocycles. The fourth-order valence-electron chi connectivity index (χ4n) is 0.869. The molecule has 0 aliphatic rings. The molecule has 0 amide bonds. The number of ether oxygens (including phenoxy) is 3. The number of hydrogen-bond donors (Lipinski definition) is 1. The molecule has 0 aliphatic carbocycles. The van der Waals surface area contributed by atoms with Gasteiger partial charge in [-0.3, -0.25) is 4.79 Å². The Morgan fingerprint density at radius 3 is 2.00 bits per heavy atom. The predicted molar refractivity (Wildman–Crippen MR) is 70.0 cm³/mol. The minimum absolute atomic E-state index is 0.122. The van der Waals surface area contributed by atoms with Crippen molar-refractivity contribution in [3.63, 3.8) is 0 Å². The number of halogens is 1. The van der Waals surface area contributed by atoms with Crippen molar-refractivity contribution < 1.29 is 19.0 Å². The Labute approximate surface area is 110 Å². The van der Waals surface area contributed by atoms with Crippen LogP contribution in [0.25, 0.3) is 0 Å². The Balaban J connectivity index is 2.90. The van der Waals surface area contributed by atoms with E-state index in [9.17, 15) is 4.79 Å². The second-order valence-electron chi connectivity index (χ2n) is 3.05. The van der Waals surface area contributed by atoms with Crippen LogP contribution >= 0.6 is 22.6 Å². The summed E-state index contributed by atoms with van der Waals surface area (Å²) in [6, 6.07) is 0. The topological polar surface area (TPSA) is 56.8 Å². The van der Waals surface area contributed by atoms with E-state index in [4.69, 9.17) is 14.2 Å². The lowest BCUT2D eigenvalue weighted by Crippen LogP contribution is -2.16. The molecule has 0 unspecified atom stereocenters. The lowest BCUT2D eigenvalue weighted by atomic mass is 10.5. The first-order chi connectivity index (χ1) is 7.77. The van der Waals surface area contributed by atoms with Gasteiger partial charge in [0.2, 0.25) is 0 Å². The molecule has 0 fully saturated rings. The molecule has 5 nitrogen and oxygen atoms in total. The minimum Gasteiger partial charge on any atom is -0.379 e. The number of carbonyl (C=O) groups is 1. The van der Waals surface area contributed by atoms with E-state index in [1.807, 2.05) is 7.05 Å². The van der Waals surface area contributed by atoms with Crippen molar-refractivity contribution in [1.29, 1.82) is 0 Å². The van der Waals surface area contributed by atoms with Crippen LogP contribution < -0.4 is 5.32 Å². The van der Waals surface area contributed by atoms with Crippen molar-refractivity contribution in [2.24, 2.45) is 0 Å². The van der Waals surface area contributed by atoms with Crippen molar-refractivity contribution in [3.8, 4) is 0 Å². The van der Waals surface area contributed by atoms with Crippen LogP contribution in [0.1, 0.15) is 6.42 Å². The third-order valence-electron chi connectivity index (χ3n) is 1.68. The molecule has 0 aliphatic heterocycles. The fraction of sp³-hybridized carbons (Fsp3) is 0.900. The van der Waals surface area contributed by atoms with E-state index < -0.39 is 0 Å². The molecule has 0 spiro atoms. The van der Waals surface area contributed by atoms with Gasteiger partial charge in [0.1, 0.15) is 0 Å². The molecule has 0 saturated carbocycles.